The SMILES string of the molecule is CCn1nc(C)c(CCN(C)c2ncc(C(=O)O)cc2NS(=O)(=O)c2ccc(C(C)C)cc2)c1C.O=C(O)C(F)(F)F. The van der Waals surface area contributed by atoms with E-state index in [1.165, 1.54) is 12.3 Å². The summed E-state index contributed by atoms with van der Waals surface area (Å²) in [5.41, 5.74) is 4.21. The monoisotopic (exact) mass is 613 g/mol. The topological polar surface area (TPSA) is 155 Å². The van der Waals surface area contributed by atoms with Gasteiger partial charge in [-0.2, -0.15) is 18.3 Å². The normalized spacial score (nSPS) is 11.6. The van der Waals surface area contributed by atoms with Crippen LogP contribution in [0.25, 0.3) is 0 Å². The molecule has 0 saturated heterocycles. The number of carboxylic acid groups (broad SMARTS) is 2. The summed E-state index contributed by atoms with van der Waals surface area (Å²) >= 11 is 0. The molecule has 15 heteroatoms. The van der Waals surface area contributed by atoms with Gasteiger partial charge in [-0.15, -0.1) is 0 Å². The molecule has 230 valence electrons. The number of hydrogen-bond donors (Lipinski definition) is 3. The quantitative estimate of drug-likeness (QED) is 0.291. The zero-order chi connectivity index (χ0) is 32.0. The van der Waals surface area contributed by atoms with E-state index in [0.29, 0.717) is 18.8 Å². The summed E-state index contributed by atoms with van der Waals surface area (Å²) in [5, 5.41) is 21.1. The average molecular weight is 614 g/mol. The van der Waals surface area contributed by atoms with E-state index < -0.39 is 28.1 Å². The second-order valence-corrected chi connectivity index (χ2v) is 11.4. The smallest absolute Gasteiger partial charge is 0.478 e. The fourth-order valence-corrected chi connectivity index (χ4v) is 5.03. The lowest BCUT2D eigenvalue weighted by molar-refractivity contribution is -0.192. The van der Waals surface area contributed by atoms with Gasteiger partial charge in [-0.05, 0) is 62.4 Å². The van der Waals surface area contributed by atoms with Gasteiger partial charge < -0.3 is 15.1 Å². The number of likely N-dealkylation sites (N-methyl/N-ethyl adjacent to an activating group) is 1. The first kappa shape index (κ1) is 34.1. The largest absolute Gasteiger partial charge is 0.490 e. The van der Waals surface area contributed by atoms with Gasteiger partial charge in [0.15, 0.2) is 5.82 Å². The number of aromatic carboxylic acids is 1. The highest BCUT2D eigenvalue weighted by Gasteiger charge is 2.38. The number of carbonyl (C=O) groups is 2. The number of pyridine rings is 1. The molecule has 0 fully saturated rings. The number of nitrogens with one attached hydrogen (secondary N) is 1. The molecule has 2 aromatic heterocycles. The van der Waals surface area contributed by atoms with Crippen molar-refractivity contribution >= 4 is 33.5 Å². The van der Waals surface area contributed by atoms with Crippen LogP contribution in [0.3, 0.4) is 0 Å². The lowest BCUT2D eigenvalue weighted by Gasteiger charge is -2.22. The molecular formula is C27H34F3N5O6S. The van der Waals surface area contributed by atoms with E-state index in [1.54, 1.807) is 31.3 Å². The number of halogens is 3. The lowest BCUT2D eigenvalue weighted by Crippen LogP contribution is -2.25. The number of sulfonamides is 1. The number of aryl methyl sites for hydroxylation is 2. The Hall–Kier alpha value is -4.14. The lowest BCUT2D eigenvalue weighted by atomic mass is 10.0. The van der Waals surface area contributed by atoms with Gasteiger partial charge >= 0.3 is 18.1 Å². The number of rotatable bonds is 10. The van der Waals surface area contributed by atoms with Crippen molar-refractivity contribution in [1.29, 1.82) is 0 Å². The van der Waals surface area contributed by atoms with Crippen molar-refractivity contribution in [2.24, 2.45) is 0 Å². The third-order valence-corrected chi connectivity index (χ3v) is 7.73. The van der Waals surface area contributed by atoms with Gasteiger partial charge in [0.25, 0.3) is 10.0 Å². The summed E-state index contributed by atoms with van der Waals surface area (Å²) in [5.74, 6) is -3.33. The Morgan fingerprint density at radius 2 is 1.69 bits per heavy atom. The van der Waals surface area contributed by atoms with Gasteiger partial charge in [0.2, 0.25) is 0 Å². The molecule has 0 radical (unpaired) electrons. The van der Waals surface area contributed by atoms with E-state index in [4.69, 9.17) is 9.90 Å². The molecule has 3 N–H and O–H groups in total. The maximum Gasteiger partial charge on any atom is 0.490 e. The number of aliphatic carboxylic acids is 1. The summed E-state index contributed by atoms with van der Waals surface area (Å²) in [4.78, 5) is 26.6. The number of hydrogen-bond acceptors (Lipinski definition) is 7. The van der Waals surface area contributed by atoms with Crippen molar-refractivity contribution in [2.45, 2.75) is 64.6 Å². The third-order valence-electron chi connectivity index (χ3n) is 6.35. The predicted octanol–water partition coefficient (Wildman–Crippen LogP) is 4.85. The van der Waals surface area contributed by atoms with Crippen molar-refractivity contribution in [3.63, 3.8) is 0 Å². The third kappa shape index (κ3) is 8.68. The van der Waals surface area contributed by atoms with E-state index in [1.807, 2.05) is 44.2 Å². The fourth-order valence-electron chi connectivity index (χ4n) is 3.98. The Labute approximate surface area is 242 Å². The number of alkyl halides is 3. The van der Waals surface area contributed by atoms with Crippen LogP contribution in [-0.2, 0) is 27.8 Å². The summed E-state index contributed by atoms with van der Waals surface area (Å²) < 4.78 is 62.5. The maximum absolute atomic E-state index is 13.1. The Morgan fingerprint density at radius 3 is 2.14 bits per heavy atom. The minimum atomic E-state index is -5.08. The molecule has 3 rings (SSSR count). The second-order valence-electron chi connectivity index (χ2n) is 9.67. The molecule has 0 saturated carbocycles. The first-order valence-corrected chi connectivity index (χ1v) is 14.3. The molecule has 0 spiro atoms. The average Bonchev–Trinajstić information content (AvgIpc) is 3.18. The van der Waals surface area contributed by atoms with Crippen LogP contribution in [0, 0.1) is 13.8 Å². The van der Waals surface area contributed by atoms with Gasteiger partial charge in [-0.25, -0.2) is 23.0 Å². The van der Waals surface area contributed by atoms with Gasteiger partial charge in [0, 0.05) is 32.0 Å². The standard InChI is InChI=1S/C25H33N5O4S.C2HF3O2/c1-7-30-18(5)22(17(4)27-30)12-13-29(6)24-23(14-20(15-26-24)25(31)32)28-35(33,34)21-10-8-19(9-11-21)16(2)3;3-2(4,5)1(6)7/h8-11,14-16,28H,7,12-13H2,1-6H3,(H,31,32);(H,6,7). The number of aromatic nitrogens is 3. The van der Waals surface area contributed by atoms with Crippen LogP contribution >= 0.6 is 0 Å². The van der Waals surface area contributed by atoms with Gasteiger partial charge in [0.1, 0.15) is 0 Å². The van der Waals surface area contributed by atoms with E-state index in [9.17, 15) is 31.5 Å². The number of nitrogens with zero attached hydrogens (tertiary/aromatic N) is 4. The molecule has 11 nitrogen and oxygen atoms in total. The van der Waals surface area contributed by atoms with Crippen LogP contribution in [0.5, 0.6) is 0 Å². The van der Waals surface area contributed by atoms with Crippen LogP contribution in [0.15, 0.2) is 41.4 Å². The molecule has 2 heterocycles. The summed E-state index contributed by atoms with van der Waals surface area (Å²) in [6, 6.07) is 7.95. The minimum Gasteiger partial charge on any atom is -0.478 e. The van der Waals surface area contributed by atoms with Crippen molar-refractivity contribution in [3.05, 3.63) is 64.6 Å². The number of anilines is 2. The highest BCUT2D eigenvalue weighted by molar-refractivity contribution is 7.92. The van der Waals surface area contributed by atoms with Gasteiger partial charge in [-0.3, -0.25) is 9.40 Å². The first-order chi connectivity index (χ1) is 19.4. The van der Waals surface area contributed by atoms with Crippen molar-refractivity contribution in [2.75, 3.05) is 23.2 Å². The molecule has 0 unspecified atom stereocenters. The van der Waals surface area contributed by atoms with Crippen LogP contribution in [0.4, 0.5) is 24.7 Å². The molecule has 42 heavy (non-hydrogen) atoms. The van der Waals surface area contributed by atoms with E-state index in [2.05, 4.69) is 14.8 Å². The minimum absolute atomic E-state index is 0.0921. The summed E-state index contributed by atoms with van der Waals surface area (Å²) in [6.45, 7) is 11.4. The van der Waals surface area contributed by atoms with E-state index in [-0.39, 0.29) is 22.1 Å². The Balaban J connectivity index is 0.000000782. The van der Waals surface area contributed by atoms with Crippen molar-refractivity contribution < 1.29 is 41.4 Å². The van der Waals surface area contributed by atoms with Crippen LogP contribution in [0.2, 0.25) is 0 Å². The number of carboxylic acids is 2. The Kier molecular flexibility index (Phi) is 11.1. The molecule has 0 aliphatic heterocycles. The molecule has 1 aromatic carbocycles. The van der Waals surface area contributed by atoms with Gasteiger partial charge in [0.05, 0.1) is 21.8 Å². The molecule has 0 atom stereocenters. The van der Waals surface area contributed by atoms with Crippen molar-refractivity contribution in [3.8, 4) is 0 Å². The highest BCUT2D eigenvalue weighted by Crippen LogP contribution is 2.28. The zero-order valence-electron chi connectivity index (χ0n) is 24.0. The van der Waals surface area contributed by atoms with Gasteiger partial charge in [-0.1, -0.05) is 26.0 Å². The maximum atomic E-state index is 13.1. The Bertz CT molecular complexity index is 1520. The highest BCUT2D eigenvalue weighted by atomic mass is 32.2. The van der Waals surface area contributed by atoms with Crippen LogP contribution in [-0.4, -0.2) is 65.1 Å². The first-order valence-electron chi connectivity index (χ1n) is 12.8. The Morgan fingerprint density at radius 1 is 1.12 bits per heavy atom. The predicted molar refractivity (Wildman–Crippen MR) is 151 cm³/mol. The molecular weight excluding hydrogens is 579 g/mol. The molecule has 0 amide bonds. The summed E-state index contributed by atoms with van der Waals surface area (Å²) in [6.07, 6.45) is -3.17. The summed E-state index contributed by atoms with van der Waals surface area (Å²) in [7, 11) is -2.16. The van der Waals surface area contributed by atoms with E-state index >= 15 is 0 Å². The fraction of sp³-hybridized carbons (Fsp3) is 0.407. The van der Waals surface area contributed by atoms with Crippen molar-refractivity contribution in [1.82, 2.24) is 14.8 Å². The van der Waals surface area contributed by atoms with E-state index in [0.717, 1.165) is 29.1 Å². The molecule has 3 aromatic rings. The van der Waals surface area contributed by atoms with Crippen LogP contribution in [0.1, 0.15) is 59.6 Å². The molecule has 0 bridgehead atoms. The number of benzene rings is 1. The molecule has 0 aliphatic carbocycles. The second kappa shape index (κ2) is 13.7. The molecule has 0 aliphatic rings. The van der Waals surface area contributed by atoms with Crippen LogP contribution < -0.4 is 9.62 Å². The zero-order valence-corrected chi connectivity index (χ0v) is 24.8.